The highest BCUT2D eigenvalue weighted by Gasteiger charge is 2.30. The Hall–Kier alpha value is -1.39. The molecule has 2 atom stereocenters. The predicted molar refractivity (Wildman–Crippen MR) is 79.1 cm³/mol. The molecule has 4 nitrogen and oxygen atoms in total. The third-order valence-corrected chi connectivity index (χ3v) is 3.58. The minimum absolute atomic E-state index is 0.195. The second-order valence-electron chi connectivity index (χ2n) is 5.49. The van der Waals surface area contributed by atoms with E-state index in [4.69, 9.17) is 0 Å². The zero-order valence-corrected chi connectivity index (χ0v) is 12.0. The molecule has 0 spiro atoms. The molecule has 0 aromatic heterocycles. The van der Waals surface area contributed by atoms with Crippen LogP contribution < -0.4 is 10.6 Å². The zero-order valence-electron chi connectivity index (χ0n) is 12.0. The number of hydrogen-bond donors (Lipinski definition) is 3. The molecule has 0 radical (unpaired) electrons. The molecule has 1 aliphatic carbocycles. The van der Waals surface area contributed by atoms with Crippen molar-refractivity contribution in [3.05, 3.63) is 35.9 Å². The summed E-state index contributed by atoms with van der Waals surface area (Å²) in [7, 11) is 0. The molecular formula is C16H24N2O2. The molecule has 1 aromatic carbocycles. The Kier molecular flexibility index (Phi) is 5.56. The smallest absolute Gasteiger partial charge is 0.250 e. The number of aliphatic hydroxyl groups is 1. The van der Waals surface area contributed by atoms with Crippen LogP contribution in [0.4, 0.5) is 0 Å². The van der Waals surface area contributed by atoms with E-state index in [0.29, 0.717) is 6.54 Å². The van der Waals surface area contributed by atoms with Gasteiger partial charge in [0.15, 0.2) is 0 Å². The Bertz CT molecular complexity index is 418. The van der Waals surface area contributed by atoms with E-state index in [9.17, 15) is 9.90 Å². The number of benzene rings is 1. The van der Waals surface area contributed by atoms with Gasteiger partial charge >= 0.3 is 0 Å². The minimum atomic E-state index is -0.973. The van der Waals surface area contributed by atoms with Crippen LogP contribution in [0.3, 0.4) is 0 Å². The van der Waals surface area contributed by atoms with Crippen LogP contribution >= 0.6 is 0 Å². The van der Waals surface area contributed by atoms with Gasteiger partial charge < -0.3 is 15.7 Å². The molecule has 4 heteroatoms. The average molecular weight is 276 g/mol. The van der Waals surface area contributed by atoms with E-state index in [-0.39, 0.29) is 18.0 Å². The minimum Gasteiger partial charge on any atom is -0.382 e. The van der Waals surface area contributed by atoms with Gasteiger partial charge in [-0.2, -0.15) is 0 Å². The Morgan fingerprint density at radius 1 is 1.35 bits per heavy atom. The van der Waals surface area contributed by atoms with Gasteiger partial charge in [0, 0.05) is 18.6 Å². The van der Waals surface area contributed by atoms with Gasteiger partial charge in [-0.3, -0.25) is 4.79 Å². The Morgan fingerprint density at radius 2 is 2.05 bits per heavy atom. The number of carbonyl (C=O) groups excluding carboxylic acids is 1. The summed E-state index contributed by atoms with van der Waals surface area (Å²) in [5.74, 6) is -0.244. The first-order chi connectivity index (χ1) is 9.70. The lowest BCUT2D eigenvalue weighted by Gasteiger charge is -2.23. The maximum atomic E-state index is 11.9. The van der Waals surface area contributed by atoms with Crippen LogP contribution in [0.25, 0.3) is 0 Å². The van der Waals surface area contributed by atoms with Crippen molar-refractivity contribution >= 4 is 5.91 Å². The highest BCUT2D eigenvalue weighted by Crippen LogP contribution is 2.19. The first kappa shape index (κ1) is 15.0. The van der Waals surface area contributed by atoms with Crippen LogP contribution in [0.5, 0.6) is 0 Å². The monoisotopic (exact) mass is 276 g/mol. The van der Waals surface area contributed by atoms with Gasteiger partial charge in [-0.25, -0.2) is 0 Å². The number of amides is 1. The standard InChI is InChI=1S/C16H24N2O2/c1-2-6-14(15(19)16(20)18-13-9-10-13)17-11-12-7-4-3-5-8-12/h3-5,7-8,13-15,17,19H,2,6,9-11H2,1H3,(H,18,20)/t14-,15-/m0/s1. The first-order valence-corrected chi connectivity index (χ1v) is 7.46. The summed E-state index contributed by atoms with van der Waals surface area (Å²) < 4.78 is 0. The van der Waals surface area contributed by atoms with E-state index < -0.39 is 6.10 Å². The van der Waals surface area contributed by atoms with Crippen molar-refractivity contribution in [2.45, 2.75) is 57.3 Å². The van der Waals surface area contributed by atoms with Gasteiger partial charge in [-0.05, 0) is 24.8 Å². The molecule has 0 heterocycles. The van der Waals surface area contributed by atoms with Crippen molar-refractivity contribution in [2.24, 2.45) is 0 Å². The lowest BCUT2D eigenvalue weighted by molar-refractivity contribution is -0.131. The molecule has 1 fully saturated rings. The van der Waals surface area contributed by atoms with Crippen molar-refractivity contribution in [2.75, 3.05) is 0 Å². The predicted octanol–water partition coefficient (Wildman–Crippen LogP) is 1.58. The molecule has 1 aliphatic rings. The summed E-state index contributed by atoms with van der Waals surface area (Å²) in [5.41, 5.74) is 1.16. The van der Waals surface area contributed by atoms with E-state index in [1.165, 1.54) is 0 Å². The SMILES string of the molecule is CCC[C@H](NCc1ccccc1)[C@H](O)C(=O)NC1CC1. The molecule has 0 aliphatic heterocycles. The van der Waals surface area contributed by atoms with E-state index in [1.54, 1.807) is 0 Å². The third kappa shape index (κ3) is 4.62. The molecule has 1 aromatic rings. The molecule has 0 unspecified atom stereocenters. The molecule has 1 saturated carbocycles. The lowest BCUT2D eigenvalue weighted by Crippen LogP contribution is -2.49. The zero-order chi connectivity index (χ0) is 14.4. The Balaban J connectivity index is 1.86. The molecule has 20 heavy (non-hydrogen) atoms. The van der Waals surface area contributed by atoms with E-state index in [1.807, 2.05) is 30.3 Å². The number of hydrogen-bond acceptors (Lipinski definition) is 3. The normalized spacial score (nSPS) is 17.5. The Morgan fingerprint density at radius 3 is 2.65 bits per heavy atom. The van der Waals surface area contributed by atoms with Crippen molar-refractivity contribution in [1.82, 2.24) is 10.6 Å². The van der Waals surface area contributed by atoms with E-state index in [0.717, 1.165) is 31.2 Å². The summed E-state index contributed by atoms with van der Waals surface area (Å²) in [6.07, 6.45) is 2.81. The molecule has 2 rings (SSSR count). The molecular weight excluding hydrogens is 252 g/mol. The largest absolute Gasteiger partial charge is 0.382 e. The fourth-order valence-corrected chi connectivity index (χ4v) is 2.22. The lowest BCUT2D eigenvalue weighted by atomic mass is 10.0. The molecule has 1 amide bonds. The van der Waals surface area contributed by atoms with Gasteiger partial charge in [0.25, 0.3) is 5.91 Å². The van der Waals surface area contributed by atoms with E-state index >= 15 is 0 Å². The second kappa shape index (κ2) is 7.41. The van der Waals surface area contributed by atoms with Gasteiger partial charge in [-0.1, -0.05) is 43.7 Å². The van der Waals surface area contributed by atoms with E-state index in [2.05, 4.69) is 17.6 Å². The third-order valence-electron chi connectivity index (χ3n) is 3.58. The fourth-order valence-electron chi connectivity index (χ4n) is 2.22. The summed E-state index contributed by atoms with van der Waals surface area (Å²) >= 11 is 0. The number of nitrogens with one attached hydrogen (secondary N) is 2. The van der Waals surface area contributed by atoms with Crippen molar-refractivity contribution in [3.8, 4) is 0 Å². The summed E-state index contributed by atoms with van der Waals surface area (Å²) in [6.45, 7) is 2.72. The maximum Gasteiger partial charge on any atom is 0.250 e. The highest BCUT2D eigenvalue weighted by atomic mass is 16.3. The van der Waals surface area contributed by atoms with Gasteiger partial charge in [0.2, 0.25) is 0 Å². The van der Waals surface area contributed by atoms with Crippen LogP contribution in [0.1, 0.15) is 38.2 Å². The second-order valence-corrected chi connectivity index (χ2v) is 5.49. The average Bonchev–Trinajstić information content (AvgIpc) is 3.27. The Labute approximate surface area is 120 Å². The summed E-state index contributed by atoms with van der Waals surface area (Å²) in [4.78, 5) is 11.9. The highest BCUT2D eigenvalue weighted by molar-refractivity contribution is 5.81. The number of rotatable bonds is 8. The van der Waals surface area contributed by atoms with Gasteiger partial charge in [0.05, 0.1) is 0 Å². The molecule has 110 valence electrons. The van der Waals surface area contributed by atoms with Crippen LogP contribution in [-0.4, -0.2) is 29.2 Å². The summed E-state index contributed by atoms with van der Waals surface area (Å²) in [6, 6.07) is 10.1. The van der Waals surface area contributed by atoms with Crippen LogP contribution in [0.2, 0.25) is 0 Å². The van der Waals surface area contributed by atoms with Crippen LogP contribution in [0.15, 0.2) is 30.3 Å². The van der Waals surface area contributed by atoms with Crippen LogP contribution in [0, 0.1) is 0 Å². The topological polar surface area (TPSA) is 61.4 Å². The molecule has 0 bridgehead atoms. The summed E-state index contributed by atoms with van der Waals surface area (Å²) in [5, 5.41) is 16.4. The number of aliphatic hydroxyl groups excluding tert-OH is 1. The van der Waals surface area contributed by atoms with Crippen molar-refractivity contribution < 1.29 is 9.90 Å². The number of carbonyl (C=O) groups is 1. The quantitative estimate of drug-likeness (QED) is 0.675. The van der Waals surface area contributed by atoms with Gasteiger partial charge in [0.1, 0.15) is 6.10 Å². The maximum absolute atomic E-state index is 11.9. The molecule has 3 N–H and O–H groups in total. The van der Waals surface area contributed by atoms with Crippen molar-refractivity contribution in [1.29, 1.82) is 0 Å². The first-order valence-electron chi connectivity index (χ1n) is 7.46. The van der Waals surface area contributed by atoms with Gasteiger partial charge in [-0.15, -0.1) is 0 Å². The van der Waals surface area contributed by atoms with Crippen molar-refractivity contribution in [3.63, 3.8) is 0 Å². The fraction of sp³-hybridized carbons (Fsp3) is 0.562. The molecule has 0 saturated heterocycles. The van der Waals surface area contributed by atoms with Crippen LogP contribution in [-0.2, 0) is 11.3 Å².